The number of fused-ring (bicyclic) bond motifs is 4. The van der Waals surface area contributed by atoms with E-state index in [1.807, 2.05) is 18.3 Å². The zero-order valence-electron chi connectivity index (χ0n) is 41.4. The van der Waals surface area contributed by atoms with Crippen LogP contribution in [0.25, 0.3) is 100 Å². The summed E-state index contributed by atoms with van der Waals surface area (Å²) in [5.41, 5.74) is 23.9. The van der Waals surface area contributed by atoms with Gasteiger partial charge in [-0.25, -0.2) is 4.98 Å². The molecule has 10 aromatic rings. The molecule has 11 rings (SSSR count). The van der Waals surface area contributed by atoms with Crippen molar-refractivity contribution in [3.8, 4) is 89.3 Å². The number of pyridine rings is 3. The highest BCUT2D eigenvalue weighted by Crippen LogP contribution is 2.44. The highest BCUT2D eigenvalue weighted by molar-refractivity contribution is 5.94. The van der Waals surface area contributed by atoms with Crippen molar-refractivity contribution >= 4 is 16.7 Å². The molecule has 0 radical (unpaired) electrons. The molecule has 0 atom stereocenters. The predicted octanol–water partition coefficient (Wildman–Crippen LogP) is 16.8. The van der Waals surface area contributed by atoms with Gasteiger partial charge in [0.25, 0.3) is 0 Å². The molecule has 72 heavy (non-hydrogen) atoms. The van der Waals surface area contributed by atoms with Gasteiger partial charge in [0, 0.05) is 58.4 Å². The van der Waals surface area contributed by atoms with Gasteiger partial charge in [0.2, 0.25) is 0 Å². The maximum Gasteiger partial charge on any atom is 0.159 e. The van der Waals surface area contributed by atoms with Crippen LogP contribution in [-0.4, -0.2) is 25.8 Å². The molecule has 3 aromatic heterocycles. The van der Waals surface area contributed by atoms with Crippen molar-refractivity contribution in [2.75, 3.05) is 0 Å². The molecule has 1 N–H and O–H groups in total. The standard InChI is InChI=1S/C67H55N3O2/c1-42-21-31-61-59-18-12-19-60(62(59)40-66(61)69-42)65-34-28-48(41-68-65)56-15-8-10-17-58(56)51-37-49(54-32-29-52(67(3,4)5)39-47(54)26-30-53(72)35-43(2)71)36-50(38-51)57-16-9-7-14-55(57)44-22-24-46(25-23-44)64-33-27-45-13-6-11-20-63(45)70-64/h6-25,27-29,31-39,41,71H,26,30,40H2,1-5H3/b43-35-. The number of carbonyl (C=O) groups excluding carboxylic acids is 1. The molecular weight excluding hydrogens is 879 g/mol. The van der Waals surface area contributed by atoms with Gasteiger partial charge in [-0.2, -0.15) is 0 Å². The molecule has 0 fully saturated rings. The molecule has 1 aliphatic carbocycles. The number of ketones is 1. The summed E-state index contributed by atoms with van der Waals surface area (Å²) in [5.74, 6) is -0.0828. The SMILES string of the molecule is C/C(O)=C/C(=O)CCc1cc(C(C)(C)C)ccc1-c1cc(-c2ccccc2-c2ccc(-c3ccc4ccccc4n3)cc2)cc(-c2ccccc2-c2ccc(-c3cccc4c3Cc3nc(C)ccc3-4)nc2)c1. The number of aromatic nitrogens is 3. The van der Waals surface area contributed by atoms with Crippen LogP contribution in [-0.2, 0) is 23.1 Å². The number of hydrogen-bond acceptors (Lipinski definition) is 5. The summed E-state index contributed by atoms with van der Waals surface area (Å²) in [7, 11) is 0. The molecule has 5 heteroatoms. The van der Waals surface area contributed by atoms with Crippen molar-refractivity contribution < 1.29 is 9.90 Å². The topological polar surface area (TPSA) is 76.0 Å². The van der Waals surface area contributed by atoms with Crippen molar-refractivity contribution in [2.24, 2.45) is 0 Å². The van der Waals surface area contributed by atoms with Crippen LogP contribution in [0.2, 0.25) is 0 Å². The Bertz CT molecular complexity index is 3740. The van der Waals surface area contributed by atoms with Gasteiger partial charge in [0.05, 0.1) is 28.4 Å². The molecule has 3 heterocycles. The molecule has 7 aromatic carbocycles. The molecule has 0 saturated carbocycles. The summed E-state index contributed by atoms with van der Waals surface area (Å²) in [6, 6.07) is 67.2. The normalized spacial score (nSPS) is 12.2. The first-order valence-corrected chi connectivity index (χ1v) is 24.8. The third-order valence-electron chi connectivity index (χ3n) is 14.1. The van der Waals surface area contributed by atoms with E-state index in [-0.39, 0.29) is 23.4 Å². The van der Waals surface area contributed by atoms with Crippen molar-refractivity contribution in [3.63, 3.8) is 0 Å². The summed E-state index contributed by atoms with van der Waals surface area (Å²) in [4.78, 5) is 28.1. The summed E-state index contributed by atoms with van der Waals surface area (Å²) in [5, 5.41) is 11.1. The Morgan fingerprint density at radius 1 is 0.542 bits per heavy atom. The zero-order chi connectivity index (χ0) is 49.5. The Kier molecular flexibility index (Phi) is 12.1. The zero-order valence-corrected chi connectivity index (χ0v) is 41.4. The van der Waals surface area contributed by atoms with Gasteiger partial charge in [-0.1, -0.05) is 166 Å². The van der Waals surface area contributed by atoms with E-state index in [0.717, 1.165) is 112 Å². The fraction of sp³-hybridized carbons (Fsp3) is 0.134. The lowest BCUT2D eigenvalue weighted by molar-refractivity contribution is -0.114. The number of carbonyl (C=O) groups is 1. The summed E-state index contributed by atoms with van der Waals surface area (Å²) in [6.45, 7) is 10.3. The quantitative estimate of drug-likeness (QED) is 0.103. The number of hydrogen-bond donors (Lipinski definition) is 1. The van der Waals surface area contributed by atoms with Gasteiger partial charge in [0.15, 0.2) is 5.78 Å². The van der Waals surface area contributed by atoms with Crippen LogP contribution in [0.15, 0.2) is 206 Å². The third kappa shape index (κ3) is 9.18. The van der Waals surface area contributed by atoms with E-state index in [4.69, 9.17) is 15.0 Å². The Hall–Kier alpha value is -8.54. The highest BCUT2D eigenvalue weighted by Gasteiger charge is 2.24. The van der Waals surface area contributed by atoms with Gasteiger partial charge < -0.3 is 5.11 Å². The maximum absolute atomic E-state index is 13.1. The molecule has 0 bridgehead atoms. The van der Waals surface area contributed by atoms with Crippen molar-refractivity contribution in [1.82, 2.24) is 15.0 Å². The molecule has 0 amide bonds. The summed E-state index contributed by atoms with van der Waals surface area (Å²) < 4.78 is 0. The van der Waals surface area contributed by atoms with Crippen molar-refractivity contribution in [1.29, 1.82) is 0 Å². The Labute approximate surface area is 422 Å². The number of aliphatic hydroxyl groups excluding tert-OH is 1. The lowest BCUT2D eigenvalue weighted by atomic mass is 9.82. The average Bonchev–Trinajstić information content (AvgIpc) is 3.77. The first kappa shape index (κ1) is 45.9. The fourth-order valence-corrected chi connectivity index (χ4v) is 10.4. The Balaban J connectivity index is 1.02. The van der Waals surface area contributed by atoms with Gasteiger partial charge in [-0.3, -0.25) is 14.8 Å². The van der Waals surface area contributed by atoms with E-state index < -0.39 is 0 Å². The first-order valence-electron chi connectivity index (χ1n) is 24.8. The molecule has 350 valence electrons. The van der Waals surface area contributed by atoms with Crippen molar-refractivity contribution in [3.05, 3.63) is 234 Å². The van der Waals surface area contributed by atoms with E-state index in [0.29, 0.717) is 6.42 Å². The van der Waals surface area contributed by atoms with Crippen LogP contribution < -0.4 is 0 Å². The second-order valence-corrected chi connectivity index (χ2v) is 20.1. The van der Waals surface area contributed by atoms with Gasteiger partial charge in [-0.05, 0) is 140 Å². The van der Waals surface area contributed by atoms with E-state index in [1.54, 1.807) is 6.92 Å². The van der Waals surface area contributed by atoms with Crippen LogP contribution in [0.1, 0.15) is 62.2 Å². The van der Waals surface area contributed by atoms with E-state index >= 15 is 0 Å². The molecule has 0 spiro atoms. The minimum atomic E-state index is -0.102. The van der Waals surface area contributed by atoms with Crippen LogP contribution in [0.5, 0.6) is 0 Å². The minimum Gasteiger partial charge on any atom is -0.512 e. The van der Waals surface area contributed by atoms with Crippen LogP contribution in [0, 0.1) is 6.92 Å². The smallest absolute Gasteiger partial charge is 0.159 e. The second kappa shape index (κ2) is 19.0. The number of benzene rings is 7. The molecule has 0 saturated heterocycles. The Morgan fingerprint density at radius 2 is 1.12 bits per heavy atom. The molecule has 1 aliphatic rings. The lowest BCUT2D eigenvalue weighted by Crippen LogP contribution is -2.12. The number of rotatable bonds is 11. The van der Waals surface area contributed by atoms with Crippen LogP contribution in [0.4, 0.5) is 0 Å². The minimum absolute atomic E-state index is 0.0188. The third-order valence-corrected chi connectivity index (χ3v) is 14.1. The molecule has 0 unspecified atom stereocenters. The maximum atomic E-state index is 13.1. The summed E-state index contributed by atoms with van der Waals surface area (Å²) in [6.07, 6.45) is 4.94. The number of aryl methyl sites for hydroxylation is 2. The fourth-order valence-electron chi connectivity index (χ4n) is 10.4. The number of para-hydroxylation sites is 1. The van der Waals surface area contributed by atoms with E-state index in [2.05, 4.69) is 204 Å². The average molecular weight is 934 g/mol. The van der Waals surface area contributed by atoms with Gasteiger partial charge in [0.1, 0.15) is 0 Å². The Morgan fingerprint density at radius 3 is 1.81 bits per heavy atom. The second-order valence-electron chi connectivity index (χ2n) is 20.1. The largest absolute Gasteiger partial charge is 0.512 e. The first-order chi connectivity index (χ1) is 34.9. The van der Waals surface area contributed by atoms with Crippen molar-refractivity contribution in [2.45, 2.75) is 59.3 Å². The number of allylic oxidation sites excluding steroid dienone is 2. The van der Waals surface area contributed by atoms with Crippen LogP contribution >= 0.6 is 0 Å². The van der Waals surface area contributed by atoms with Gasteiger partial charge >= 0.3 is 0 Å². The van der Waals surface area contributed by atoms with E-state index in [9.17, 15) is 9.90 Å². The number of aliphatic hydroxyl groups is 1. The molecule has 0 aliphatic heterocycles. The molecular formula is C67H55N3O2. The molecule has 5 nitrogen and oxygen atoms in total. The summed E-state index contributed by atoms with van der Waals surface area (Å²) >= 11 is 0. The predicted molar refractivity (Wildman–Crippen MR) is 297 cm³/mol. The lowest BCUT2D eigenvalue weighted by Gasteiger charge is -2.22. The number of nitrogens with zero attached hydrogens (tertiary/aromatic N) is 3. The van der Waals surface area contributed by atoms with Crippen LogP contribution in [0.3, 0.4) is 0 Å². The highest BCUT2D eigenvalue weighted by atomic mass is 16.3. The monoisotopic (exact) mass is 933 g/mol. The van der Waals surface area contributed by atoms with Gasteiger partial charge in [-0.15, -0.1) is 0 Å². The van der Waals surface area contributed by atoms with E-state index in [1.165, 1.54) is 28.3 Å².